The molecule has 1 aromatic heterocycles. The Morgan fingerprint density at radius 2 is 1.43 bits per heavy atom. The number of carbonyl (C=O) groups excluding carboxylic acids is 1. The quantitative estimate of drug-likeness (QED) is 0.333. The predicted molar refractivity (Wildman–Crippen MR) is 118 cm³/mol. The van der Waals surface area contributed by atoms with Crippen LogP contribution >= 0.6 is 0 Å². The van der Waals surface area contributed by atoms with Crippen LogP contribution in [-0.2, 0) is 17.6 Å². The minimum absolute atomic E-state index is 0.0986. The van der Waals surface area contributed by atoms with E-state index in [1.807, 2.05) is 7.11 Å². The van der Waals surface area contributed by atoms with E-state index in [9.17, 15) is 4.79 Å². The molecule has 0 aliphatic heterocycles. The van der Waals surface area contributed by atoms with Crippen LogP contribution in [0.4, 0.5) is 0 Å². The van der Waals surface area contributed by atoms with Crippen molar-refractivity contribution in [2.75, 3.05) is 7.11 Å². The molecule has 160 valence electrons. The van der Waals surface area contributed by atoms with Crippen molar-refractivity contribution in [2.45, 2.75) is 122 Å². The van der Waals surface area contributed by atoms with Crippen molar-refractivity contribution in [3.8, 4) is 0 Å². The van der Waals surface area contributed by atoms with Crippen LogP contribution < -0.4 is 0 Å². The number of unbranched alkanes of at least 4 members (excludes halogenated alkanes) is 5. The Labute approximate surface area is 173 Å². The number of aromatic nitrogens is 1. The van der Waals surface area contributed by atoms with E-state index >= 15 is 0 Å². The molecule has 0 amide bonds. The highest BCUT2D eigenvalue weighted by molar-refractivity contribution is 5.76. The second-order valence-corrected chi connectivity index (χ2v) is 8.64. The molecule has 1 heterocycles. The van der Waals surface area contributed by atoms with Gasteiger partial charge in [-0.3, -0.25) is 4.79 Å². The topological polar surface area (TPSA) is 42.1 Å². The predicted octanol–water partition coefficient (Wildman–Crippen LogP) is 7.48. The number of methoxy groups -OCH3 is 1. The third-order valence-electron chi connectivity index (χ3n) is 6.43. The minimum atomic E-state index is 0.0986. The molecule has 1 unspecified atom stereocenters. The van der Waals surface area contributed by atoms with Gasteiger partial charge in [-0.25, -0.2) is 0 Å². The van der Waals surface area contributed by atoms with Gasteiger partial charge in [0.1, 0.15) is 0 Å². The fourth-order valence-corrected chi connectivity index (χ4v) is 4.72. The number of nitrogens with one attached hydrogen (secondary N) is 1. The zero-order chi connectivity index (χ0) is 20.0. The van der Waals surface area contributed by atoms with Gasteiger partial charge < -0.3 is 9.72 Å². The molecular weight excluding hydrogens is 346 g/mol. The smallest absolute Gasteiger partial charge is 0.166 e. The van der Waals surface area contributed by atoms with E-state index < -0.39 is 0 Å². The van der Waals surface area contributed by atoms with Crippen LogP contribution in [0.15, 0.2) is 0 Å². The second-order valence-electron chi connectivity index (χ2n) is 8.64. The molecule has 3 heteroatoms. The Morgan fingerprint density at radius 3 is 2.04 bits per heavy atom. The maximum atomic E-state index is 11.8. The van der Waals surface area contributed by atoms with Crippen molar-refractivity contribution >= 4 is 6.29 Å². The molecule has 1 aromatic rings. The monoisotopic (exact) mass is 389 g/mol. The summed E-state index contributed by atoms with van der Waals surface area (Å²) >= 11 is 0. The first-order valence-electron chi connectivity index (χ1n) is 12.0. The molecule has 2 rings (SSSR count). The normalized spacial score (nSPS) is 17.4. The van der Waals surface area contributed by atoms with E-state index in [4.69, 9.17) is 4.74 Å². The molecule has 1 atom stereocenters. The van der Waals surface area contributed by atoms with E-state index in [2.05, 4.69) is 11.9 Å². The number of rotatable bonds is 10. The lowest BCUT2D eigenvalue weighted by atomic mass is 9.93. The Balaban J connectivity index is 2.08. The largest absolute Gasteiger partial charge is 0.375 e. The van der Waals surface area contributed by atoms with Gasteiger partial charge in [0.2, 0.25) is 0 Å². The molecule has 1 N–H and O–H groups in total. The van der Waals surface area contributed by atoms with Gasteiger partial charge in [0, 0.05) is 12.8 Å². The number of hydrogen-bond acceptors (Lipinski definition) is 2. The Kier molecular flexibility index (Phi) is 11.6. The molecule has 0 aromatic carbocycles. The van der Waals surface area contributed by atoms with E-state index in [1.165, 1.54) is 107 Å². The van der Waals surface area contributed by atoms with Crippen LogP contribution in [0.25, 0.3) is 0 Å². The van der Waals surface area contributed by atoms with Crippen LogP contribution in [0.5, 0.6) is 0 Å². The molecule has 1 aliphatic rings. The molecule has 0 saturated heterocycles. The Morgan fingerprint density at radius 1 is 0.857 bits per heavy atom. The number of H-pyrrole nitrogens is 1. The highest BCUT2D eigenvalue weighted by Gasteiger charge is 2.23. The van der Waals surface area contributed by atoms with Gasteiger partial charge in [0.05, 0.1) is 11.8 Å². The third-order valence-corrected chi connectivity index (χ3v) is 6.43. The number of ether oxygens (including phenoxy) is 1. The van der Waals surface area contributed by atoms with Crippen LogP contribution in [0.3, 0.4) is 0 Å². The first-order valence-corrected chi connectivity index (χ1v) is 12.0. The van der Waals surface area contributed by atoms with Gasteiger partial charge in [-0.1, -0.05) is 84.0 Å². The average Bonchev–Trinajstić information content (AvgIpc) is 3.04. The summed E-state index contributed by atoms with van der Waals surface area (Å²) < 4.78 is 5.91. The maximum absolute atomic E-state index is 11.8. The third kappa shape index (κ3) is 7.39. The summed E-state index contributed by atoms with van der Waals surface area (Å²) in [5.41, 5.74) is 4.70. The van der Waals surface area contributed by atoms with Crippen LogP contribution in [0, 0.1) is 0 Å². The van der Waals surface area contributed by atoms with Crippen molar-refractivity contribution in [3.05, 3.63) is 22.5 Å². The van der Waals surface area contributed by atoms with Crippen molar-refractivity contribution in [1.29, 1.82) is 0 Å². The summed E-state index contributed by atoms with van der Waals surface area (Å²) in [5.74, 6) is 0. The van der Waals surface area contributed by atoms with Crippen molar-refractivity contribution in [1.82, 2.24) is 4.98 Å². The average molecular weight is 390 g/mol. The van der Waals surface area contributed by atoms with E-state index in [-0.39, 0.29) is 6.10 Å². The van der Waals surface area contributed by atoms with Crippen LogP contribution in [0.2, 0.25) is 0 Å². The highest BCUT2D eigenvalue weighted by Crippen LogP contribution is 2.32. The summed E-state index contributed by atoms with van der Waals surface area (Å²) in [5, 5.41) is 0. The zero-order valence-corrected chi connectivity index (χ0v) is 18.5. The number of aromatic amines is 1. The van der Waals surface area contributed by atoms with Crippen molar-refractivity contribution in [2.24, 2.45) is 0 Å². The van der Waals surface area contributed by atoms with Gasteiger partial charge in [-0.15, -0.1) is 0 Å². The van der Waals surface area contributed by atoms with Crippen LogP contribution in [-0.4, -0.2) is 18.4 Å². The van der Waals surface area contributed by atoms with Gasteiger partial charge in [0.15, 0.2) is 6.29 Å². The Bertz CT molecular complexity index is 549. The lowest BCUT2D eigenvalue weighted by Gasteiger charge is -2.17. The van der Waals surface area contributed by atoms with Crippen molar-refractivity contribution in [3.63, 3.8) is 0 Å². The molecule has 0 radical (unpaired) electrons. The number of fused-ring (bicyclic) bond motifs is 1. The first-order chi connectivity index (χ1) is 13.8. The van der Waals surface area contributed by atoms with E-state index in [0.29, 0.717) is 0 Å². The van der Waals surface area contributed by atoms with Gasteiger partial charge in [0.25, 0.3) is 0 Å². The summed E-state index contributed by atoms with van der Waals surface area (Å²) in [7, 11) is 1.82. The SMILES string of the molecule is CCCCCCCCC(OC)c1[nH]c(C=O)c2c1CCCCCCCCCC2. The second kappa shape index (κ2) is 14.0. The number of aldehydes is 1. The summed E-state index contributed by atoms with van der Waals surface area (Å²) in [6, 6.07) is 0. The van der Waals surface area contributed by atoms with Gasteiger partial charge in [-0.2, -0.15) is 0 Å². The molecule has 0 fully saturated rings. The molecular formula is C25H43NO2. The lowest BCUT2D eigenvalue weighted by molar-refractivity contribution is 0.0890. The zero-order valence-electron chi connectivity index (χ0n) is 18.5. The number of carbonyl (C=O) groups is 1. The molecule has 1 aliphatic carbocycles. The van der Waals surface area contributed by atoms with Crippen molar-refractivity contribution < 1.29 is 9.53 Å². The fraction of sp³-hybridized carbons (Fsp3) is 0.800. The number of hydrogen-bond donors (Lipinski definition) is 1. The molecule has 0 spiro atoms. The molecule has 0 bridgehead atoms. The first kappa shape index (κ1) is 23.2. The summed E-state index contributed by atoms with van der Waals surface area (Å²) in [4.78, 5) is 15.3. The molecule has 28 heavy (non-hydrogen) atoms. The highest BCUT2D eigenvalue weighted by atomic mass is 16.5. The Hall–Kier alpha value is -1.09. The standard InChI is InChI=1S/C25H43NO2/c1-3-4-5-6-13-16-19-24(28-2)25-22-18-15-12-10-8-7-9-11-14-17-21(22)23(20-27)26-25/h20,24,26H,3-19H2,1-2H3. The molecule has 3 nitrogen and oxygen atoms in total. The van der Waals surface area contributed by atoms with Crippen LogP contribution in [0.1, 0.15) is 137 Å². The van der Waals surface area contributed by atoms with Gasteiger partial charge in [-0.05, 0) is 43.2 Å². The lowest BCUT2D eigenvalue weighted by Crippen LogP contribution is -2.06. The van der Waals surface area contributed by atoms with E-state index in [0.717, 1.165) is 31.2 Å². The summed E-state index contributed by atoms with van der Waals surface area (Å²) in [6.45, 7) is 2.26. The minimum Gasteiger partial charge on any atom is -0.375 e. The maximum Gasteiger partial charge on any atom is 0.166 e. The van der Waals surface area contributed by atoms with Gasteiger partial charge >= 0.3 is 0 Å². The summed E-state index contributed by atoms with van der Waals surface area (Å²) in [6.07, 6.45) is 22.5. The molecule has 0 saturated carbocycles. The van der Waals surface area contributed by atoms with E-state index in [1.54, 1.807) is 0 Å². The fourth-order valence-electron chi connectivity index (χ4n) is 4.72.